The van der Waals surface area contributed by atoms with Crippen LogP contribution in [0.3, 0.4) is 0 Å². The monoisotopic (exact) mass is 263 g/mol. The smallest absolute Gasteiger partial charge is 0.314 e. The van der Waals surface area contributed by atoms with E-state index in [-0.39, 0.29) is 12.5 Å². The molecule has 2 saturated carbocycles. The molecule has 0 spiro atoms. The lowest BCUT2D eigenvalue weighted by Crippen LogP contribution is -2.40. The van der Waals surface area contributed by atoms with Crippen LogP contribution in [0, 0.1) is 11.8 Å². The Balaban J connectivity index is 1.72. The summed E-state index contributed by atoms with van der Waals surface area (Å²) in [6.07, 6.45) is 4.67. The summed E-state index contributed by atoms with van der Waals surface area (Å²) < 4.78 is 38.0. The van der Waals surface area contributed by atoms with Crippen molar-refractivity contribution in [1.29, 1.82) is 0 Å². The first-order valence-corrected chi connectivity index (χ1v) is 7.36. The molecule has 1 N–H and O–H groups in total. The highest BCUT2D eigenvalue weighted by atomic mass is 19.4. The molecule has 0 aromatic carbocycles. The number of hydrogen-bond donors (Lipinski definition) is 1. The van der Waals surface area contributed by atoms with Crippen LogP contribution in [-0.2, 0) is 0 Å². The second kappa shape index (κ2) is 6.27. The number of halogens is 3. The fourth-order valence-corrected chi connectivity index (χ4v) is 3.40. The van der Waals surface area contributed by atoms with Crippen LogP contribution in [0.15, 0.2) is 0 Å². The Morgan fingerprint density at radius 1 is 0.889 bits per heavy atom. The molecule has 2 rings (SSSR count). The molecule has 2 unspecified atom stereocenters. The third-order valence-corrected chi connectivity index (χ3v) is 4.56. The molecule has 0 aromatic rings. The van der Waals surface area contributed by atoms with Gasteiger partial charge in [-0.2, -0.15) is 13.2 Å². The molecule has 0 aliphatic heterocycles. The van der Waals surface area contributed by atoms with E-state index in [1.807, 2.05) is 0 Å². The van der Waals surface area contributed by atoms with Crippen LogP contribution in [0.4, 0.5) is 13.2 Å². The van der Waals surface area contributed by atoms with Crippen molar-refractivity contribution >= 4 is 0 Å². The van der Waals surface area contributed by atoms with Crippen molar-refractivity contribution in [3.63, 3.8) is 0 Å². The van der Waals surface area contributed by atoms with Gasteiger partial charge in [0.05, 0.1) is 5.92 Å². The van der Waals surface area contributed by atoms with Crippen LogP contribution in [0.2, 0.25) is 0 Å². The van der Waals surface area contributed by atoms with Gasteiger partial charge in [0.25, 0.3) is 0 Å². The second-order valence-electron chi connectivity index (χ2n) is 6.01. The molecule has 0 radical (unpaired) electrons. The van der Waals surface area contributed by atoms with Gasteiger partial charge in [-0.05, 0) is 44.6 Å². The number of hydrogen-bond acceptors (Lipinski definition) is 1. The quantitative estimate of drug-likeness (QED) is 0.801. The van der Waals surface area contributed by atoms with Crippen molar-refractivity contribution in [3.8, 4) is 0 Å². The van der Waals surface area contributed by atoms with Crippen molar-refractivity contribution in [2.75, 3.05) is 6.54 Å². The Bertz CT molecular complexity index is 246. The predicted octanol–water partition coefficient (Wildman–Crippen LogP) is 4.28. The molecule has 106 valence electrons. The largest absolute Gasteiger partial charge is 0.391 e. The van der Waals surface area contributed by atoms with Gasteiger partial charge >= 0.3 is 6.18 Å². The molecule has 2 aliphatic carbocycles. The number of rotatable bonds is 3. The maximum atomic E-state index is 12.7. The van der Waals surface area contributed by atoms with Crippen molar-refractivity contribution in [3.05, 3.63) is 0 Å². The van der Waals surface area contributed by atoms with E-state index in [9.17, 15) is 13.2 Å². The van der Waals surface area contributed by atoms with Crippen LogP contribution >= 0.6 is 0 Å². The van der Waals surface area contributed by atoms with E-state index in [1.165, 1.54) is 32.1 Å². The van der Waals surface area contributed by atoms with E-state index in [0.29, 0.717) is 18.8 Å². The Labute approximate surface area is 108 Å². The zero-order valence-electron chi connectivity index (χ0n) is 10.9. The highest BCUT2D eigenvalue weighted by Gasteiger charge is 2.42. The minimum atomic E-state index is -3.99. The third kappa shape index (κ3) is 4.15. The Morgan fingerprint density at radius 2 is 1.61 bits per heavy atom. The van der Waals surface area contributed by atoms with Gasteiger partial charge in [-0.1, -0.05) is 25.7 Å². The first kappa shape index (κ1) is 14.2. The molecule has 0 heterocycles. The molecule has 0 bridgehead atoms. The highest BCUT2D eigenvalue weighted by Crippen LogP contribution is 2.37. The molecule has 0 aromatic heterocycles. The molecule has 0 amide bonds. The molecule has 4 heteroatoms. The van der Waals surface area contributed by atoms with Crippen molar-refractivity contribution in [1.82, 2.24) is 5.32 Å². The van der Waals surface area contributed by atoms with E-state index in [2.05, 4.69) is 5.32 Å². The third-order valence-electron chi connectivity index (χ3n) is 4.56. The van der Waals surface area contributed by atoms with Gasteiger partial charge in [0.2, 0.25) is 0 Å². The fraction of sp³-hybridized carbons (Fsp3) is 1.00. The molecule has 0 saturated heterocycles. The maximum Gasteiger partial charge on any atom is 0.391 e. The molecule has 2 aliphatic rings. The van der Waals surface area contributed by atoms with Crippen molar-refractivity contribution < 1.29 is 13.2 Å². The summed E-state index contributed by atoms with van der Waals surface area (Å²) in [5.41, 5.74) is 0. The Hall–Kier alpha value is -0.250. The van der Waals surface area contributed by atoms with Gasteiger partial charge in [-0.15, -0.1) is 0 Å². The maximum absolute atomic E-state index is 12.7. The lowest BCUT2D eigenvalue weighted by molar-refractivity contribution is -0.183. The summed E-state index contributed by atoms with van der Waals surface area (Å²) in [5, 5.41) is 3.39. The van der Waals surface area contributed by atoms with Crippen LogP contribution in [0.25, 0.3) is 0 Å². The standard InChI is InChI=1S/C14H24F3N/c15-14(16,17)12-7-4-8-13(9-12)18-10-11-5-2-1-3-6-11/h11-13,18H,1-10H2. The van der Waals surface area contributed by atoms with Gasteiger partial charge in [0.15, 0.2) is 0 Å². The van der Waals surface area contributed by atoms with Gasteiger partial charge < -0.3 is 5.32 Å². The average molecular weight is 263 g/mol. The molecule has 2 fully saturated rings. The van der Waals surface area contributed by atoms with Crippen molar-refractivity contribution in [2.45, 2.75) is 70.0 Å². The summed E-state index contributed by atoms with van der Waals surface area (Å²) in [4.78, 5) is 0. The second-order valence-corrected chi connectivity index (χ2v) is 6.01. The van der Waals surface area contributed by atoms with E-state index in [0.717, 1.165) is 13.0 Å². The summed E-state index contributed by atoms with van der Waals surface area (Å²) in [6.45, 7) is 0.926. The molecule has 2 atom stereocenters. The Kier molecular flexibility index (Phi) is 4.93. The fourth-order valence-electron chi connectivity index (χ4n) is 3.40. The summed E-state index contributed by atoms with van der Waals surface area (Å²) in [7, 11) is 0. The highest BCUT2D eigenvalue weighted by molar-refractivity contribution is 4.82. The number of nitrogens with one attached hydrogen (secondary N) is 1. The molecule has 1 nitrogen and oxygen atoms in total. The lowest BCUT2D eigenvalue weighted by atomic mass is 9.84. The summed E-state index contributed by atoms with van der Waals surface area (Å²) in [5.74, 6) is -0.375. The van der Waals surface area contributed by atoms with Crippen LogP contribution in [-0.4, -0.2) is 18.8 Å². The molecular weight excluding hydrogens is 239 g/mol. The van der Waals surface area contributed by atoms with E-state index < -0.39 is 12.1 Å². The predicted molar refractivity (Wildman–Crippen MR) is 66.4 cm³/mol. The normalized spacial score (nSPS) is 31.5. The summed E-state index contributed by atoms with van der Waals surface area (Å²) >= 11 is 0. The van der Waals surface area contributed by atoms with Crippen molar-refractivity contribution in [2.24, 2.45) is 11.8 Å². The minimum Gasteiger partial charge on any atom is -0.314 e. The average Bonchev–Trinajstić information content (AvgIpc) is 2.37. The van der Waals surface area contributed by atoms with Gasteiger partial charge in [-0.25, -0.2) is 0 Å². The van der Waals surface area contributed by atoms with Crippen LogP contribution < -0.4 is 5.32 Å². The zero-order chi connectivity index (χ0) is 13.0. The lowest BCUT2D eigenvalue weighted by Gasteiger charge is -2.32. The SMILES string of the molecule is FC(F)(F)C1CCCC(NCC2CCCCC2)C1. The number of alkyl halides is 3. The molecular formula is C14H24F3N. The van der Waals surface area contributed by atoms with E-state index >= 15 is 0 Å². The first-order chi connectivity index (χ1) is 8.55. The van der Waals surface area contributed by atoms with E-state index in [4.69, 9.17) is 0 Å². The van der Waals surface area contributed by atoms with E-state index in [1.54, 1.807) is 0 Å². The first-order valence-electron chi connectivity index (χ1n) is 7.36. The van der Waals surface area contributed by atoms with Gasteiger partial charge in [0.1, 0.15) is 0 Å². The van der Waals surface area contributed by atoms with Gasteiger partial charge in [0, 0.05) is 6.04 Å². The summed E-state index contributed by atoms with van der Waals surface area (Å²) in [6, 6.07) is 0.0901. The zero-order valence-corrected chi connectivity index (χ0v) is 10.9. The Morgan fingerprint density at radius 3 is 2.28 bits per heavy atom. The topological polar surface area (TPSA) is 12.0 Å². The van der Waals surface area contributed by atoms with Gasteiger partial charge in [-0.3, -0.25) is 0 Å². The van der Waals surface area contributed by atoms with Crippen LogP contribution in [0.1, 0.15) is 57.8 Å². The molecule has 18 heavy (non-hydrogen) atoms. The van der Waals surface area contributed by atoms with Crippen LogP contribution in [0.5, 0.6) is 0 Å². The minimum absolute atomic E-state index is 0.0901.